The maximum absolute atomic E-state index is 5.72. The molecule has 30 heavy (non-hydrogen) atoms. The summed E-state index contributed by atoms with van der Waals surface area (Å²) in [5.74, 6) is 1.63. The lowest BCUT2D eigenvalue weighted by molar-refractivity contribution is 0.269. The molecule has 0 saturated heterocycles. The summed E-state index contributed by atoms with van der Waals surface area (Å²) in [5.41, 5.74) is 5.75. The zero-order valence-corrected chi connectivity index (χ0v) is 17.7. The number of ether oxygens (including phenoxy) is 2. The van der Waals surface area contributed by atoms with Gasteiger partial charge in [0.2, 0.25) is 0 Å². The van der Waals surface area contributed by atoms with Gasteiger partial charge in [-0.1, -0.05) is 37.3 Å². The summed E-state index contributed by atoms with van der Waals surface area (Å²) in [6.07, 6.45) is 1.02. The lowest BCUT2D eigenvalue weighted by Gasteiger charge is -2.30. The Hall–Kier alpha value is -3.11. The third kappa shape index (κ3) is 2.99. The quantitative estimate of drug-likeness (QED) is 0.428. The zero-order chi connectivity index (χ0) is 20.7. The van der Waals surface area contributed by atoms with Crippen molar-refractivity contribution in [2.45, 2.75) is 19.9 Å². The fourth-order valence-electron chi connectivity index (χ4n) is 4.66. The number of aromatic nitrogens is 1. The van der Waals surface area contributed by atoms with Crippen LogP contribution in [0, 0.1) is 0 Å². The third-order valence-electron chi connectivity index (χ3n) is 6.26. The summed E-state index contributed by atoms with van der Waals surface area (Å²) in [4.78, 5) is 7.68. The Kier molecular flexibility index (Phi) is 4.80. The molecule has 2 heterocycles. The largest absolute Gasteiger partial charge is 0.497 e. The molecule has 0 aliphatic carbocycles. The van der Waals surface area contributed by atoms with E-state index in [0.29, 0.717) is 0 Å². The van der Waals surface area contributed by atoms with Crippen molar-refractivity contribution >= 4 is 21.7 Å². The van der Waals surface area contributed by atoms with Crippen molar-refractivity contribution in [3.63, 3.8) is 0 Å². The fraction of sp³-hybridized carbons (Fsp3) is 0.269. The van der Waals surface area contributed by atoms with Gasteiger partial charge in [-0.3, -0.25) is 4.90 Å². The average Bonchev–Trinajstić information content (AvgIpc) is 2.82. The van der Waals surface area contributed by atoms with Crippen LogP contribution in [0.25, 0.3) is 32.9 Å². The average molecular weight is 399 g/mol. The zero-order valence-electron chi connectivity index (χ0n) is 17.7. The van der Waals surface area contributed by atoms with E-state index in [1.807, 2.05) is 18.2 Å². The van der Waals surface area contributed by atoms with Crippen molar-refractivity contribution in [2.75, 3.05) is 27.3 Å². The first-order chi connectivity index (χ1) is 14.7. The van der Waals surface area contributed by atoms with Crippen LogP contribution in [0.5, 0.6) is 11.5 Å². The van der Waals surface area contributed by atoms with Crippen molar-refractivity contribution in [1.82, 2.24) is 9.88 Å². The lowest BCUT2D eigenvalue weighted by atomic mass is 9.89. The van der Waals surface area contributed by atoms with Gasteiger partial charge in [0, 0.05) is 24.0 Å². The number of rotatable bonds is 4. The second-order valence-electron chi connectivity index (χ2n) is 7.78. The molecule has 0 unspecified atom stereocenters. The van der Waals surface area contributed by atoms with Gasteiger partial charge in [-0.25, -0.2) is 4.98 Å². The summed E-state index contributed by atoms with van der Waals surface area (Å²) in [5, 5.41) is 3.84. The summed E-state index contributed by atoms with van der Waals surface area (Å²) >= 11 is 0. The summed E-state index contributed by atoms with van der Waals surface area (Å²) in [6, 6.07) is 18.9. The van der Waals surface area contributed by atoms with Crippen LogP contribution in [0.2, 0.25) is 0 Å². The van der Waals surface area contributed by atoms with Crippen LogP contribution in [0.1, 0.15) is 18.1 Å². The minimum Gasteiger partial charge on any atom is -0.497 e. The molecule has 0 bridgehead atoms. The standard InChI is InChI=1S/C26H26N2O2/c1-4-28-14-13-20-22(16-28)26(21-15-18(29-2)10-12-24(21)30-3)27-23-11-9-17-7-5-6-8-19(17)25(20)23/h5-12,15H,4,13-14,16H2,1-3H3. The molecule has 1 aliphatic rings. The van der Waals surface area contributed by atoms with Gasteiger partial charge in [0.25, 0.3) is 0 Å². The number of pyridine rings is 1. The number of benzene rings is 3. The molecule has 0 spiro atoms. The molecule has 5 rings (SSSR count). The van der Waals surface area contributed by atoms with E-state index in [1.165, 1.54) is 27.3 Å². The Morgan fingerprint density at radius 3 is 2.63 bits per heavy atom. The monoisotopic (exact) mass is 398 g/mol. The van der Waals surface area contributed by atoms with Crippen LogP contribution < -0.4 is 9.47 Å². The Bertz CT molecular complexity index is 1250. The van der Waals surface area contributed by atoms with E-state index in [-0.39, 0.29) is 0 Å². The number of hydrogen-bond acceptors (Lipinski definition) is 4. The van der Waals surface area contributed by atoms with E-state index in [1.54, 1.807) is 14.2 Å². The first kappa shape index (κ1) is 18.9. The number of methoxy groups -OCH3 is 2. The highest BCUT2D eigenvalue weighted by atomic mass is 16.5. The lowest BCUT2D eigenvalue weighted by Crippen LogP contribution is -2.31. The molecule has 152 valence electrons. The molecule has 0 saturated carbocycles. The molecule has 0 atom stereocenters. The maximum Gasteiger partial charge on any atom is 0.128 e. The summed E-state index contributed by atoms with van der Waals surface area (Å²) < 4.78 is 11.2. The molecule has 4 nitrogen and oxygen atoms in total. The predicted molar refractivity (Wildman–Crippen MR) is 122 cm³/mol. The van der Waals surface area contributed by atoms with Gasteiger partial charge in [0.1, 0.15) is 11.5 Å². The highest BCUT2D eigenvalue weighted by Gasteiger charge is 2.25. The van der Waals surface area contributed by atoms with E-state index >= 15 is 0 Å². The highest BCUT2D eigenvalue weighted by Crippen LogP contribution is 2.41. The molecule has 0 fully saturated rings. The second kappa shape index (κ2) is 7.62. The minimum atomic E-state index is 0.808. The smallest absolute Gasteiger partial charge is 0.128 e. The number of hydrogen-bond donors (Lipinski definition) is 0. The molecule has 1 aliphatic heterocycles. The molecule has 1 aromatic heterocycles. The van der Waals surface area contributed by atoms with Crippen molar-refractivity contribution in [2.24, 2.45) is 0 Å². The number of fused-ring (bicyclic) bond motifs is 5. The Labute approximate surface area is 177 Å². The third-order valence-corrected chi connectivity index (χ3v) is 6.26. The van der Waals surface area contributed by atoms with Crippen LogP contribution in [0.15, 0.2) is 54.6 Å². The predicted octanol–water partition coefficient (Wildman–Crippen LogP) is 5.45. The van der Waals surface area contributed by atoms with E-state index in [9.17, 15) is 0 Å². The van der Waals surface area contributed by atoms with Gasteiger partial charge >= 0.3 is 0 Å². The van der Waals surface area contributed by atoms with Gasteiger partial charge in [-0.05, 0) is 59.1 Å². The first-order valence-electron chi connectivity index (χ1n) is 10.5. The van der Waals surface area contributed by atoms with Crippen molar-refractivity contribution in [3.05, 3.63) is 65.7 Å². The van der Waals surface area contributed by atoms with Crippen molar-refractivity contribution in [3.8, 4) is 22.8 Å². The maximum atomic E-state index is 5.72. The summed E-state index contributed by atoms with van der Waals surface area (Å²) in [6.45, 7) is 5.22. The van der Waals surface area contributed by atoms with Gasteiger partial charge in [-0.15, -0.1) is 0 Å². The first-order valence-corrected chi connectivity index (χ1v) is 10.5. The van der Waals surface area contributed by atoms with Crippen LogP contribution in [-0.4, -0.2) is 37.2 Å². The van der Waals surface area contributed by atoms with Crippen LogP contribution >= 0.6 is 0 Å². The number of likely N-dealkylation sites (N-methyl/N-ethyl adjacent to an activating group) is 1. The van der Waals surface area contributed by atoms with E-state index in [4.69, 9.17) is 14.5 Å². The van der Waals surface area contributed by atoms with Gasteiger partial charge in [0.15, 0.2) is 0 Å². The molecule has 4 heteroatoms. The van der Waals surface area contributed by atoms with Crippen LogP contribution in [0.4, 0.5) is 0 Å². The topological polar surface area (TPSA) is 34.6 Å². The van der Waals surface area contributed by atoms with E-state index in [0.717, 1.165) is 54.3 Å². The molecule has 0 amide bonds. The Morgan fingerprint density at radius 2 is 1.83 bits per heavy atom. The molecular weight excluding hydrogens is 372 g/mol. The summed E-state index contributed by atoms with van der Waals surface area (Å²) in [7, 11) is 3.41. The molecular formula is C26H26N2O2. The fourth-order valence-corrected chi connectivity index (χ4v) is 4.66. The molecule has 0 N–H and O–H groups in total. The Morgan fingerprint density at radius 1 is 0.967 bits per heavy atom. The molecule has 3 aromatic carbocycles. The van der Waals surface area contributed by atoms with E-state index < -0.39 is 0 Å². The van der Waals surface area contributed by atoms with Crippen LogP contribution in [0.3, 0.4) is 0 Å². The van der Waals surface area contributed by atoms with Gasteiger partial charge in [0.05, 0.1) is 25.4 Å². The van der Waals surface area contributed by atoms with Crippen molar-refractivity contribution < 1.29 is 9.47 Å². The minimum absolute atomic E-state index is 0.808. The second-order valence-corrected chi connectivity index (χ2v) is 7.78. The normalized spacial score (nSPS) is 14.1. The van der Waals surface area contributed by atoms with Gasteiger partial charge < -0.3 is 9.47 Å². The molecule has 4 aromatic rings. The highest BCUT2D eigenvalue weighted by molar-refractivity contribution is 6.09. The molecule has 0 radical (unpaired) electrons. The van der Waals surface area contributed by atoms with Gasteiger partial charge in [-0.2, -0.15) is 0 Å². The van der Waals surface area contributed by atoms with Crippen LogP contribution in [-0.2, 0) is 13.0 Å². The SMILES string of the molecule is CCN1CCc2c(c(-c3cc(OC)ccc3OC)nc3ccc4ccccc4c23)C1. The van der Waals surface area contributed by atoms with Crippen molar-refractivity contribution in [1.29, 1.82) is 0 Å². The van der Waals surface area contributed by atoms with E-state index in [2.05, 4.69) is 48.2 Å². The number of nitrogens with zero attached hydrogens (tertiary/aromatic N) is 2. The Balaban J connectivity index is 1.87.